The van der Waals surface area contributed by atoms with Gasteiger partial charge in [0.2, 0.25) is 0 Å². The fourth-order valence-corrected chi connectivity index (χ4v) is 10.8. The van der Waals surface area contributed by atoms with Gasteiger partial charge in [0.1, 0.15) is 10.0 Å². The van der Waals surface area contributed by atoms with Crippen molar-refractivity contribution in [3.8, 4) is 21.1 Å². The van der Waals surface area contributed by atoms with Gasteiger partial charge in [-0.25, -0.2) is 0 Å². The Bertz CT molecular complexity index is 2980. The van der Waals surface area contributed by atoms with Crippen LogP contribution in [0.15, 0.2) is 164 Å². The van der Waals surface area contributed by atoms with E-state index in [-0.39, 0.29) is 0 Å². The normalized spacial score (nSPS) is 11.8. The molecule has 0 radical (unpaired) electrons. The molecule has 0 bridgehead atoms. The van der Waals surface area contributed by atoms with Crippen LogP contribution in [0.25, 0.3) is 83.0 Å². The summed E-state index contributed by atoms with van der Waals surface area (Å²) < 4.78 is 5.28. The van der Waals surface area contributed by atoms with E-state index in [9.17, 15) is 0 Å². The second-order valence-electron chi connectivity index (χ2n) is 13.1. The van der Waals surface area contributed by atoms with Crippen molar-refractivity contribution in [2.45, 2.75) is 0 Å². The largest absolute Gasteiger partial charge is 0.310 e. The van der Waals surface area contributed by atoms with Crippen LogP contribution in [0.1, 0.15) is 0 Å². The lowest BCUT2D eigenvalue weighted by Crippen LogP contribution is -2.10. The molecule has 0 saturated carbocycles. The fourth-order valence-electron chi connectivity index (χ4n) is 7.50. The van der Waals surface area contributed by atoms with Gasteiger partial charge in [-0.2, -0.15) is 0 Å². The maximum absolute atomic E-state index is 4.57. The van der Waals surface area contributed by atoms with Gasteiger partial charge in [-0.15, -0.1) is 32.9 Å². The maximum Gasteiger partial charge on any atom is 0.148 e. The van der Waals surface area contributed by atoms with Crippen LogP contribution in [-0.2, 0) is 0 Å². The van der Waals surface area contributed by atoms with Crippen LogP contribution in [0.5, 0.6) is 0 Å². The molecule has 0 aliphatic rings. The molecule has 11 rings (SSSR count). The van der Waals surface area contributed by atoms with Crippen molar-refractivity contribution < 1.29 is 0 Å². The Kier molecular flexibility index (Phi) is 6.77. The SMILES string of the molecule is c1ccc(-c2nnc(-c3ccc(N(c4ccc5ccc6c7ccccc7sc6c5c4)c4ccc5ccc6c7ccccc7sc6c5c4)cc3)s2)cc1. The van der Waals surface area contributed by atoms with Gasteiger partial charge in [-0.3, -0.25) is 0 Å². The summed E-state index contributed by atoms with van der Waals surface area (Å²) in [5.74, 6) is 0. The number of hydrogen-bond acceptors (Lipinski definition) is 6. The minimum atomic E-state index is 0.910. The molecular formula is C46H27N3S3. The molecule has 0 unspecified atom stereocenters. The summed E-state index contributed by atoms with van der Waals surface area (Å²) >= 11 is 5.38. The molecule has 0 atom stereocenters. The summed E-state index contributed by atoms with van der Waals surface area (Å²) in [6, 6.07) is 59.4. The third-order valence-electron chi connectivity index (χ3n) is 10.0. The first-order valence-electron chi connectivity index (χ1n) is 17.2. The number of nitrogens with zero attached hydrogens (tertiary/aromatic N) is 3. The average Bonchev–Trinajstić information content (AvgIpc) is 3.95. The minimum absolute atomic E-state index is 0.910. The van der Waals surface area contributed by atoms with Gasteiger partial charge in [0.15, 0.2) is 0 Å². The highest BCUT2D eigenvalue weighted by atomic mass is 32.1. The van der Waals surface area contributed by atoms with Gasteiger partial charge >= 0.3 is 0 Å². The zero-order valence-electron chi connectivity index (χ0n) is 27.7. The number of fused-ring (bicyclic) bond motifs is 10. The van der Waals surface area contributed by atoms with E-state index in [2.05, 4.69) is 161 Å². The van der Waals surface area contributed by atoms with Crippen LogP contribution in [-0.4, -0.2) is 10.2 Å². The number of thiophene rings is 2. The molecule has 0 saturated heterocycles. The predicted octanol–water partition coefficient (Wildman–Crippen LogP) is 14.4. The van der Waals surface area contributed by atoms with Gasteiger partial charge in [-0.1, -0.05) is 114 Å². The van der Waals surface area contributed by atoms with E-state index in [1.165, 1.54) is 61.9 Å². The molecule has 0 amide bonds. The second-order valence-corrected chi connectivity index (χ2v) is 16.1. The smallest absolute Gasteiger partial charge is 0.148 e. The standard InChI is InChI=1S/C46H27N3S3/c1-2-8-30(9-3-1)45-47-48-46(52-45)31-16-20-32(21-17-31)49(33-22-14-28-18-24-37-35-10-4-6-12-41(35)50-43(37)39(28)26-33)34-23-15-29-19-25-38-36-11-5-7-13-42(36)51-44(38)40(29)27-34/h1-27H. The van der Waals surface area contributed by atoms with Crippen LogP contribution >= 0.6 is 34.0 Å². The highest BCUT2D eigenvalue weighted by Gasteiger charge is 2.18. The van der Waals surface area contributed by atoms with E-state index >= 15 is 0 Å². The molecule has 244 valence electrons. The number of rotatable bonds is 5. The van der Waals surface area contributed by atoms with Crippen LogP contribution in [0.2, 0.25) is 0 Å². The fraction of sp³-hybridized carbons (Fsp3) is 0. The van der Waals surface area contributed by atoms with E-state index in [0.717, 1.165) is 38.2 Å². The molecule has 6 heteroatoms. The van der Waals surface area contributed by atoms with Gasteiger partial charge in [0.25, 0.3) is 0 Å². The van der Waals surface area contributed by atoms with Crippen LogP contribution in [0.3, 0.4) is 0 Å². The van der Waals surface area contributed by atoms with Crippen LogP contribution < -0.4 is 4.90 Å². The van der Waals surface area contributed by atoms with Gasteiger partial charge in [-0.05, 0) is 71.4 Å². The summed E-state index contributed by atoms with van der Waals surface area (Å²) in [7, 11) is 0. The molecule has 0 N–H and O–H groups in total. The Morgan fingerprint density at radius 1 is 0.346 bits per heavy atom. The molecule has 0 aliphatic heterocycles. The third kappa shape index (κ3) is 4.76. The lowest BCUT2D eigenvalue weighted by molar-refractivity contribution is 1.10. The van der Waals surface area contributed by atoms with Crippen molar-refractivity contribution in [1.29, 1.82) is 0 Å². The number of anilines is 3. The molecule has 11 aromatic rings. The lowest BCUT2D eigenvalue weighted by Gasteiger charge is -2.26. The quantitative estimate of drug-likeness (QED) is 0.177. The number of aromatic nitrogens is 2. The third-order valence-corrected chi connectivity index (χ3v) is 13.5. The zero-order chi connectivity index (χ0) is 34.2. The molecule has 3 nitrogen and oxygen atoms in total. The monoisotopic (exact) mass is 717 g/mol. The van der Waals surface area contributed by atoms with E-state index in [4.69, 9.17) is 0 Å². The minimum Gasteiger partial charge on any atom is -0.310 e. The molecule has 0 spiro atoms. The van der Waals surface area contributed by atoms with E-state index in [1.54, 1.807) is 11.3 Å². The van der Waals surface area contributed by atoms with Crippen molar-refractivity contribution >= 4 is 113 Å². The van der Waals surface area contributed by atoms with Crippen molar-refractivity contribution in [2.24, 2.45) is 0 Å². The van der Waals surface area contributed by atoms with Gasteiger partial charge in [0.05, 0.1) is 0 Å². The number of benzene rings is 8. The van der Waals surface area contributed by atoms with E-state index in [1.807, 2.05) is 40.9 Å². The van der Waals surface area contributed by atoms with Crippen LogP contribution in [0, 0.1) is 0 Å². The molecule has 3 aromatic heterocycles. The van der Waals surface area contributed by atoms with Gasteiger partial charge in [0, 0.05) is 79.3 Å². The number of hydrogen-bond donors (Lipinski definition) is 0. The summed E-state index contributed by atoms with van der Waals surface area (Å²) in [4.78, 5) is 2.40. The van der Waals surface area contributed by atoms with E-state index in [0.29, 0.717) is 0 Å². The first kappa shape index (κ1) is 29.8. The molecule has 3 heterocycles. The summed E-state index contributed by atoms with van der Waals surface area (Å²) in [6.07, 6.45) is 0. The zero-order valence-corrected chi connectivity index (χ0v) is 30.1. The van der Waals surface area contributed by atoms with Crippen LogP contribution in [0.4, 0.5) is 17.1 Å². The Balaban J connectivity index is 1.09. The Morgan fingerprint density at radius 2 is 0.808 bits per heavy atom. The molecule has 0 aliphatic carbocycles. The van der Waals surface area contributed by atoms with Crippen molar-refractivity contribution in [2.75, 3.05) is 4.90 Å². The molecule has 52 heavy (non-hydrogen) atoms. The lowest BCUT2D eigenvalue weighted by atomic mass is 10.0. The molecule has 0 fully saturated rings. The van der Waals surface area contributed by atoms with Crippen molar-refractivity contribution in [3.63, 3.8) is 0 Å². The first-order chi connectivity index (χ1) is 25.7. The maximum atomic E-state index is 4.57. The van der Waals surface area contributed by atoms with E-state index < -0.39 is 0 Å². The average molecular weight is 718 g/mol. The molecular weight excluding hydrogens is 691 g/mol. The van der Waals surface area contributed by atoms with Gasteiger partial charge < -0.3 is 4.90 Å². The summed E-state index contributed by atoms with van der Waals surface area (Å²) in [5, 5.41) is 21.2. The molecule has 8 aromatic carbocycles. The predicted molar refractivity (Wildman–Crippen MR) is 226 cm³/mol. The highest BCUT2D eigenvalue weighted by Crippen LogP contribution is 2.45. The highest BCUT2D eigenvalue weighted by molar-refractivity contribution is 7.27. The summed E-state index contributed by atoms with van der Waals surface area (Å²) in [6.45, 7) is 0. The summed E-state index contributed by atoms with van der Waals surface area (Å²) in [5.41, 5.74) is 5.47. The topological polar surface area (TPSA) is 29.0 Å². The Morgan fingerprint density at radius 3 is 1.37 bits per heavy atom. The Labute approximate surface area is 311 Å². The Hall–Kier alpha value is -5.92. The van der Waals surface area contributed by atoms with Crippen molar-refractivity contribution in [3.05, 3.63) is 164 Å². The first-order valence-corrected chi connectivity index (χ1v) is 19.7. The van der Waals surface area contributed by atoms with Crippen molar-refractivity contribution in [1.82, 2.24) is 10.2 Å². The second kappa shape index (κ2) is 11.8.